The SMILES string of the molecule is CC(C(=O)NC1CCCCCC1CO)c1c(F)cccc1F. The largest absolute Gasteiger partial charge is 0.396 e. The summed E-state index contributed by atoms with van der Waals surface area (Å²) in [4.78, 5) is 12.4. The van der Waals surface area contributed by atoms with E-state index in [0.29, 0.717) is 0 Å². The molecule has 0 heterocycles. The molecule has 122 valence electrons. The first-order valence-electron chi connectivity index (χ1n) is 7.89. The number of hydrogen-bond acceptors (Lipinski definition) is 2. The van der Waals surface area contributed by atoms with Gasteiger partial charge in [-0.15, -0.1) is 0 Å². The number of aliphatic hydroxyl groups is 1. The minimum absolute atomic E-state index is 0.0177. The molecule has 1 aromatic rings. The number of benzene rings is 1. The zero-order valence-corrected chi connectivity index (χ0v) is 12.8. The average Bonchev–Trinajstić information content (AvgIpc) is 2.71. The standard InChI is InChI=1S/C17H23F2NO2/c1-11(16-13(18)7-5-8-14(16)19)17(22)20-15-9-4-2-3-6-12(15)10-21/h5,7-8,11-12,15,21H,2-4,6,9-10H2,1H3,(H,20,22). The van der Waals surface area contributed by atoms with Crippen molar-refractivity contribution < 1.29 is 18.7 Å². The summed E-state index contributed by atoms with van der Waals surface area (Å²) < 4.78 is 27.6. The van der Waals surface area contributed by atoms with Gasteiger partial charge in [0.15, 0.2) is 0 Å². The van der Waals surface area contributed by atoms with Crippen LogP contribution in [0.4, 0.5) is 8.78 Å². The molecule has 1 aliphatic carbocycles. The highest BCUT2D eigenvalue weighted by Crippen LogP contribution is 2.26. The van der Waals surface area contributed by atoms with Gasteiger partial charge in [-0.25, -0.2) is 8.78 Å². The van der Waals surface area contributed by atoms with Gasteiger partial charge >= 0.3 is 0 Å². The molecule has 1 saturated carbocycles. The van der Waals surface area contributed by atoms with E-state index >= 15 is 0 Å². The van der Waals surface area contributed by atoms with Gasteiger partial charge in [0.05, 0.1) is 5.92 Å². The third-order valence-electron chi connectivity index (χ3n) is 4.55. The molecule has 0 radical (unpaired) electrons. The first-order chi connectivity index (χ1) is 10.5. The molecule has 0 aromatic heterocycles. The normalized spacial score (nSPS) is 23.6. The van der Waals surface area contributed by atoms with E-state index < -0.39 is 23.5 Å². The Kier molecular flexibility index (Phi) is 5.89. The Hall–Kier alpha value is -1.49. The van der Waals surface area contributed by atoms with Crippen molar-refractivity contribution >= 4 is 5.91 Å². The van der Waals surface area contributed by atoms with E-state index in [-0.39, 0.29) is 24.1 Å². The van der Waals surface area contributed by atoms with Crippen LogP contribution in [0, 0.1) is 17.6 Å². The van der Waals surface area contributed by atoms with Crippen LogP contribution in [-0.2, 0) is 4.79 Å². The number of aliphatic hydroxyl groups excluding tert-OH is 1. The molecular formula is C17H23F2NO2. The van der Waals surface area contributed by atoms with Gasteiger partial charge in [-0.3, -0.25) is 4.79 Å². The van der Waals surface area contributed by atoms with Gasteiger partial charge in [-0.2, -0.15) is 0 Å². The highest BCUT2D eigenvalue weighted by atomic mass is 19.1. The molecule has 1 aromatic carbocycles. The highest BCUT2D eigenvalue weighted by molar-refractivity contribution is 5.83. The Labute approximate surface area is 129 Å². The third kappa shape index (κ3) is 3.83. The first-order valence-corrected chi connectivity index (χ1v) is 7.89. The van der Waals surface area contributed by atoms with Crippen LogP contribution in [-0.4, -0.2) is 23.7 Å². The van der Waals surface area contributed by atoms with Gasteiger partial charge in [0.2, 0.25) is 5.91 Å². The summed E-state index contributed by atoms with van der Waals surface area (Å²) in [6.45, 7) is 1.52. The van der Waals surface area contributed by atoms with Gasteiger partial charge in [-0.1, -0.05) is 25.3 Å². The second-order valence-corrected chi connectivity index (χ2v) is 6.05. The Morgan fingerprint density at radius 1 is 1.27 bits per heavy atom. The molecule has 0 bridgehead atoms. The number of rotatable bonds is 4. The van der Waals surface area contributed by atoms with Crippen molar-refractivity contribution in [3.05, 3.63) is 35.4 Å². The van der Waals surface area contributed by atoms with Crippen molar-refractivity contribution in [1.82, 2.24) is 5.32 Å². The van der Waals surface area contributed by atoms with Crippen LogP contribution in [0.3, 0.4) is 0 Å². The summed E-state index contributed by atoms with van der Waals surface area (Å²) in [6.07, 6.45) is 4.77. The molecule has 22 heavy (non-hydrogen) atoms. The van der Waals surface area contributed by atoms with Gasteiger partial charge < -0.3 is 10.4 Å². The van der Waals surface area contributed by atoms with Crippen molar-refractivity contribution in [1.29, 1.82) is 0 Å². The van der Waals surface area contributed by atoms with Crippen LogP contribution in [0.15, 0.2) is 18.2 Å². The van der Waals surface area contributed by atoms with E-state index in [0.717, 1.165) is 44.2 Å². The molecule has 3 atom stereocenters. The smallest absolute Gasteiger partial charge is 0.227 e. The number of halogens is 2. The Bertz CT molecular complexity index is 501. The predicted octanol–water partition coefficient (Wildman–Crippen LogP) is 3.13. The van der Waals surface area contributed by atoms with E-state index in [2.05, 4.69) is 5.32 Å². The van der Waals surface area contributed by atoms with Crippen LogP contribution >= 0.6 is 0 Å². The van der Waals surface area contributed by atoms with E-state index in [1.165, 1.54) is 13.0 Å². The van der Waals surface area contributed by atoms with Gasteiger partial charge in [0, 0.05) is 24.1 Å². The Morgan fingerprint density at radius 2 is 1.91 bits per heavy atom. The molecule has 1 amide bonds. The number of carbonyl (C=O) groups is 1. The summed E-state index contributed by atoms with van der Waals surface area (Å²) in [6, 6.07) is 3.47. The fourth-order valence-electron chi connectivity index (χ4n) is 3.16. The topological polar surface area (TPSA) is 49.3 Å². The first kappa shape index (κ1) is 16.9. The molecule has 3 unspecified atom stereocenters. The van der Waals surface area contributed by atoms with Crippen molar-refractivity contribution in [2.75, 3.05) is 6.61 Å². The lowest BCUT2D eigenvalue weighted by Crippen LogP contribution is -2.43. The number of carbonyl (C=O) groups excluding carboxylic acids is 1. The second kappa shape index (κ2) is 7.68. The zero-order valence-electron chi connectivity index (χ0n) is 12.8. The summed E-state index contributed by atoms with van der Waals surface area (Å²) in [5.74, 6) is -2.69. The minimum atomic E-state index is -0.899. The van der Waals surface area contributed by atoms with E-state index in [1.54, 1.807) is 0 Å². The quantitative estimate of drug-likeness (QED) is 0.839. The summed E-state index contributed by atoms with van der Waals surface area (Å²) in [5, 5.41) is 12.4. The number of hydrogen-bond donors (Lipinski definition) is 2. The average molecular weight is 311 g/mol. The van der Waals surface area contributed by atoms with Crippen LogP contribution in [0.2, 0.25) is 0 Å². The Morgan fingerprint density at radius 3 is 2.55 bits per heavy atom. The fraction of sp³-hybridized carbons (Fsp3) is 0.588. The molecular weight excluding hydrogens is 288 g/mol. The van der Waals surface area contributed by atoms with Gasteiger partial charge in [0.25, 0.3) is 0 Å². The van der Waals surface area contributed by atoms with Crippen LogP contribution in [0.25, 0.3) is 0 Å². The van der Waals surface area contributed by atoms with Crippen LogP contribution < -0.4 is 5.32 Å². The zero-order chi connectivity index (χ0) is 16.1. The van der Waals surface area contributed by atoms with E-state index in [9.17, 15) is 18.7 Å². The molecule has 1 aliphatic rings. The highest BCUT2D eigenvalue weighted by Gasteiger charge is 2.28. The monoisotopic (exact) mass is 311 g/mol. The molecule has 0 aliphatic heterocycles. The number of amides is 1. The van der Waals surface area contributed by atoms with Crippen LogP contribution in [0.1, 0.15) is 50.5 Å². The number of nitrogens with one attached hydrogen (secondary N) is 1. The molecule has 1 fully saturated rings. The van der Waals surface area contributed by atoms with Gasteiger partial charge in [0.1, 0.15) is 11.6 Å². The van der Waals surface area contributed by atoms with Crippen molar-refractivity contribution in [2.45, 2.75) is 51.0 Å². The van der Waals surface area contributed by atoms with Crippen molar-refractivity contribution in [3.8, 4) is 0 Å². The molecule has 3 nitrogen and oxygen atoms in total. The summed E-state index contributed by atoms with van der Waals surface area (Å²) >= 11 is 0. The van der Waals surface area contributed by atoms with Crippen molar-refractivity contribution in [3.63, 3.8) is 0 Å². The maximum Gasteiger partial charge on any atom is 0.227 e. The second-order valence-electron chi connectivity index (χ2n) is 6.05. The molecule has 2 rings (SSSR count). The summed E-state index contributed by atoms with van der Waals surface area (Å²) in [7, 11) is 0. The van der Waals surface area contributed by atoms with E-state index in [1.807, 2.05) is 0 Å². The van der Waals surface area contributed by atoms with Crippen molar-refractivity contribution in [2.24, 2.45) is 5.92 Å². The summed E-state index contributed by atoms with van der Waals surface area (Å²) in [5.41, 5.74) is -0.200. The maximum absolute atomic E-state index is 13.8. The molecule has 0 spiro atoms. The third-order valence-corrected chi connectivity index (χ3v) is 4.55. The minimum Gasteiger partial charge on any atom is -0.396 e. The maximum atomic E-state index is 13.8. The fourth-order valence-corrected chi connectivity index (χ4v) is 3.16. The van der Waals surface area contributed by atoms with Gasteiger partial charge in [-0.05, 0) is 31.9 Å². The van der Waals surface area contributed by atoms with Crippen LogP contribution in [0.5, 0.6) is 0 Å². The predicted molar refractivity (Wildman–Crippen MR) is 80.4 cm³/mol. The Balaban J connectivity index is 2.10. The molecule has 5 heteroatoms. The lowest BCUT2D eigenvalue weighted by Gasteiger charge is -2.26. The lowest BCUT2D eigenvalue weighted by molar-refractivity contribution is -0.123. The molecule has 0 saturated heterocycles. The molecule has 2 N–H and O–H groups in total. The lowest BCUT2D eigenvalue weighted by atomic mass is 9.93. The van der Waals surface area contributed by atoms with E-state index in [4.69, 9.17) is 0 Å².